The van der Waals surface area contributed by atoms with Crippen LogP contribution in [0.3, 0.4) is 0 Å². The number of carbonyl (C=O) groups is 3. The first kappa shape index (κ1) is 19.2. The lowest BCUT2D eigenvalue weighted by molar-refractivity contribution is -0.131. The Labute approximate surface area is 159 Å². The van der Waals surface area contributed by atoms with Crippen molar-refractivity contribution in [2.24, 2.45) is 5.92 Å². The predicted molar refractivity (Wildman–Crippen MR) is 102 cm³/mol. The van der Waals surface area contributed by atoms with Crippen LogP contribution in [0.2, 0.25) is 0 Å². The van der Waals surface area contributed by atoms with E-state index in [2.05, 4.69) is 0 Å². The lowest BCUT2D eigenvalue weighted by Crippen LogP contribution is -2.38. The third-order valence-electron chi connectivity index (χ3n) is 5.01. The van der Waals surface area contributed by atoms with Crippen molar-refractivity contribution in [3.05, 3.63) is 23.8 Å². The molecule has 0 saturated carbocycles. The smallest absolute Gasteiger partial charge is 0.264 e. The molecule has 2 heterocycles. The molecule has 0 atom stereocenters. The first-order valence-electron chi connectivity index (χ1n) is 9.47. The number of likely N-dealkylation sites (N-methyl/N-ethyl adjacent to an activating group) is 1. The predicted octanol–water partition coefficient (Wildman–Crippen LogP) is 1.76. The number of benzene rings is 1. The van der Waals surface area contributed by atoms with Crippen LogP contribution < -0.4 is 9.64 Å². The number of rotatable bonds is 3. The third-order valence-corrected chi connectivity index (χ3v) is 5.01. The van der Waals surface area contributed by atoms with Crippen molar-refractivity contribution in [2.45, 2.75) is 26.7 Å². The largest absolute Gasteiger partial charge is 0.482 e. The van der Waals surface area contributed by atoms with Gasteiger partial charge in [-0.25, -0.2) is 0 Å². The number of hydrogen-bond donors (Lipinski definition) is 0. The van der Waals surface area contributed by atoms with Crippen LogP contribution in [-0.4, -0.2) is 67.4 Å². The molecule has 0 N–H and O–H groups in total. The summed E-state index contributed by atoms with van der Waals surface area (Å²) in [6, 6.07) is 5.18. The van der Waals surface area contributed by atoms with Crippen molar-refractivity contribution in [1.82, 2.24) is 9.80 Å². The maximum Gasteiger partial charge on any atom is 0.264 e. The van der Waals surface area contributed by atoms with Crippen LogP contribution >= 0.6 is 0 Å². The fourth-order valence-electron chi connectivity index (χ4n) is 3.44. The lowest BCUT2D eigenvalue weighted by Gasteiger charge is -2.27. The molecule has 7 heteroatoms. The summed E-state index contributed by atoms with van der Waals surface area (Å²) in [6.07, 6.45) is 1.31. The van der Waals surface area contributed by atoms with E-state index >= 15 is 0 Å². The summed E-state index contributed by atoms with van der Waals surface area (Å²) in [7, 11) is 1.68. The van der Waals surface area contributed by atoms with Crippen LogP contribution in [-0.2, 0) is 9.59 Å². The van der Waals surface area contributed by atoms with E-state index in [1.807, 2.05) is 18.7 Å². The van der Waals surface area contributed by atoms with Gasteiger partial charge in [-0.2, -0.15) is 0 Å². The molecule has 3 amide bonds. The highest BCUT2D eigenvalue weighted by atomic mass is 16.5. The zero-order valence-corrected chi connectivity index (χ0v) is 16.2. The maximum absolute atomic E-state index is 13.0. The van der Waals surface area contributed by atoms with Gasteiger partial charge in [0.1, 0.15) is 5.75 Å². The van der Waals surface area contributed by atoms with Crippen molar-refractivity contribution < 1.29 is 19.1 Å². The molecule has 0 spiro atoms. The minimum Gasteiger partial charge on any atom is -0.482 e. The molecule has 1 aromatic rings. The average Bonchev–Trinajstić information content (AvgIpc) is 2.90. The van der Waals surface area contributed by atoms with Crippen molar-refractivity contribution in [2.75, 3.05) is 44.7 Å². The second kappa shape index (κ2) is 7.98. The van der Waals surface area contributed by atoms with Crippen molar-refractivity contribution in [1.29, 1.82) is 0 Å². The van der Waals surface area contributed by atoms with Gasteiger partial charge >= 0.3 is 0 Å². The third kappa shape index (κ3) is 4.23. The van der Waals surface area contributed by atoms with E-state index in [0.717, 1.165) is 6.42 Å². The second-order valence-electron chi connectivity index (χ2n) is 7.55. The van der Waals surface area contributed by atoms with Crippen molar-refractivity contribution >= 4 is 23.4 Å². The molecule has 1 fully saturated rings. The highest BCUT2D eigenvalue weighted by molar-refractivity contribution is 6.01. The first-order valence-corrected chi connectivity index (χ1v) is 9.47. The SMILES string of the molecule is CC(C)CC(=O)N1CCCN(C(=O)c2ccc3c(c2)N(C)C(=O)CO3)CC1. The summed E-state index contributed by atoms with van der Waals surface area (Å²) in [6.45, 7) is 6.47. The topological polar surface area (TPSA) is 70.2 Å². The van der Waals surface area contributed by atoms with Crippen LogP contribution in [0.1, 0.15) is 37.0 Å². The summed E-state index contributed by atoms with van der Waals surface area (Å²) < 4.78 is 5.42. The van der Waals surface area contributed by atoms with E-state index in [4.69, 9.17) is 4.74 Å². The van der Waals surface area contributed by atoms with Crippen molar-refractivity contribution in [3.8, 4) is 5.75 Å². The van der Waals surface area contributed by atoms with E-state index < -0.39 is 0 Å². The molecule has 1 saturated heterocycles. The Morgan fingerprint density at radius 3 is 2.56 bits per heavy atom. The molecule has 0 unspecified atom stereocenters. The van der Waals surface area contributed by atoms with Gasteiger partial charge in [0.15, 0.2) is 6.61 Å². The Hall–Kier alpha value is -2.57. The molecular weight excluding hydrogens is 346 g/mol. The Morgan fingerprint density at radius 2 is 1.81 bits per heavy atom. The molecule has 1 aromatic carbocycles. The highest BCUT2D eigenvalue weighted by Crippen LogP contribution is 2.32. The second-order valence-corrected chi connectivity index (χ2v) is 7.55. The van der Waals surface area contributed by atoms with Crippen LogP contribution in [0.5, 0.6) is 5.75 Å². The van der Waals surface area contributed by atoms with Gasteiger partial charge in [-0.15, -0.1) is 0 Å². The van der Waals surface area contributed by atoms with E-state index in [1.54, 1.807) is 30.1 Å². The first-order chi connectivity index (χ1) is 12.9. The standard InChI is InChI=1S/C20H27N3O4/c1-14(2)11-18(24)22-7-4-8-23(10-9-22)20(26)15-5-6-17-16(12-15)21(3)19(25)13-27-17/h5-6,12,14H,4,7-11,13H2,1-3H3. The summed E-state index contributed by atoms with van der Waals surface area (Å²) in [5.74, 6) is 0.875. The summed E-state index contributed by atoms with van der Waals surface area (Å²) in [5.41, 5.74) is 1.14. The van der Waals surface area contributed by atoms with Crippen molar-refractivity contribution in [3.63, 3.8) is 0 Å². The quantitative estimate of drug-likeness (QED) is 0.810. The number of amides is 3. The fourth-order valence-corrected chi connectivity index (χ4v) is 3.44. The zero-order chi connectivity index (χ0) is 19.6. The number of anilines is 1. The number of ether oxygens (including phenoxy) is 1. The normalized spacial score (nSPS) is 17.5. The molecule has 7 nitrogen and oxygen atoms in total. The molecule has 3 rings (SSSR count). The fraction of sp³-hybridized carbons (Fsp3) is 0.550. The van der Waals surface area contributed by atoms with Gasteiger partial charge in [-0.1, -0.05) is 13.8 Å². The molecule has 146 valence electrons. The summed E-state index contributed by atoms with van der Waals surface area (Å²) in [5, 5.41) is 0. The van der Waals surface area contributed by atoms with E-state index in [0.29, 0.717) is 55.5 Å². The maximum atomic E-state index is 13.0. The van der Waals surface area contributed by atoms with Gasteiger partial charge in [-0.3, -0.25) is 14.4 Å². The molecule has 2 aliphatic rings. The van der Waals surface area contributed by atoms with Crippen LogP contribution in [0.25, 0.3) is 0 Å². The molecule has 0 bridgehead atoms. The molecule has 2 aliphatic heterocycles. The van der Waals surface area contributed by atoms with E-state index in [-0.39, 0.29) is 24.3 Å². The van der Waals surface area contributed by atoms with E-state index in [9.17, 15) is 14.4 Å². The Bertz CT molecular complexity index is 747. The van der Waals surface area contributed by atoms with Gasteiger partial charge < -0.3 is 19.4 Å². The highest BCUT2D eigenvalue weighted by Gasteiger charge is 2.26. The van der Waals surface area contributed by atoms with E-state index in [1.165, 1.54) is 4.90 Å². The Morgan fingerprint density at radius 1 is 1.11 bits per heavy atom. The monoisotopic (exact) mass is 373 g/mol. The number of carbonyl (C=O) groups excluding carboxylic acids is 3. The van der Waals surface area contributed by atoms with Gasteiger partial charge in [0.05, 0.1) is 5.69 Å². The number of nitrogens with zero attached hydrogens (tertiary/aromatic N) is 3. The van der Waals surface area contributed by atoms with Crippen LogP contribution in [0.15, 0.2) is 18.2 Å². The molecule has 0 aromatic heterocycles. The van der Waals surface area contributed by atoms with Crippen LogP contribution in [0.4, 0.5) is 5.69 Å². The molecule has 0 aliphatic carbocycles. The Balaban J connectivity index is 1.70. The average molecular weight is 373 g/mol. The zero-order valence-electron chi connectivity index (χ0n) is 16.2. The summed E-state index contributed by atoms with van der Waals surface area (Å²) >= 11 is 0. The van der Waals surface area contributed by atoms with Gasteiger partial charge in [0.2, 0.25) is 5.91 Å². The minimum absolute atomic E-state index is 0.0170. The Kier molecular flexibility index (Phi) is 5.68. The molecule has 27 heavy (non-hydrogen) atoms. The number of hydrogen-bond acceptors (Lipinski definition) is 4. The van der Waals surface area contributed by atoms with Crippen LogP contribution in [0, 0.1) is 5.92 Å². The van der Waals surface area contributed by atoms with Gasteiger partial charge in [0, 0.05) is 45.2 Å². The summed E-state index contributed by atoms with van der Waals surface area (Å²) in [4.78, 5) is 42.3. The minimum atomic E-state index is -0.138. The van der Waals surface area contributed by atoms with Gasteiger partial charge in [0.25, 0.3) is 11.8 Å². The lowest BCUT2D eigenvalue weighted by atomic mass is 10.1. The van der Waals surface area contributed by atoms with Gasteiger partial charge in [-0.05, 0) is 30.5 Å². The molecule has 0 radical (unpaired) electrons. The number of fused-ring (bicyclic) bond motifs is 1. The molecular formula is C20H27N3O4.